The lowest BCUT2D eigenvalue weighted by molar-refractivity contribution is 0.834. The molecule has 0 amide bonds. The van der Waals surface area contributed by atoms with E-state index in [1.54, 1.807) is 0 Å². The van der Waals surface area contributed by atoms with Gasteiger partial charge < -0.3 is 5.32 Å². The molecule has 0 spiro atoms. The summed E-state index contributed by atoms with van der Waals surface area (Å²) in [7, 11) is 0. The number of unbranched alkanes of at least 4 members (excludes halogenated alkanes) is 1. The van der Waals surface area contributed by atoms with Crippen LogP contribution in [0.4, 0.5) is 5.69 Å². The number of para-hydroxylation sites is 1. The molecule has 0 aromatic heterocycles. The standard InChI is InChI=1S/C10H14IN/c1-2-3-8-12-10-7-5-4-6-9(10)11/h4-7,12H,2-3,8H2,1H3. The molecule has 0 saturated carbocycles. The minimum Gasteiger partial charge on any atom is -0.384 e. The Labute approximate surface area is 87.7 Å². The van der Waals surface area contributed by atoms with Gasteiger partial charge in [-0.05, 0) is 41.1 Å². The molecule has 1 rings (SSSR count). The molecular weight excluding hydrogens is 261 g/mol. The highest BCUT2D eigenvalue weighted by atomic mass is 127. The zero-order valence-corrected chi connectivity index (χ0v) is 9.47. The van der Waals surface area contributed by atoms with Crippen molar-refractivity contribution in [2.45, 2.75) is 19.8 Å². The summed E-state index contributed by atoms with van der Waals surface area (Å²) in [5.41, 5.74) is 1.26. The van der Waals surface area contributed by atoms with Crippen LogP contribution in [-0.2, 0) is 0 Å². The van der Waals surface area contributed by atoms with E-state index in [0.717, 1.165) is 6.54 Å². The molecule has 0 aliphatic carbocycles. The summed E-state index contributed by atoms with van der Waals surface area (Å²) < 4.78 is 1.30. The first-order valence-corrected chi connectivity index (χ1v) is 5.41. The van der Waals surface area contributed by atoms with Crippen molar-refractivity contribution in [2.24, 2.45) is 0 Å². The third-order valence-corrected chi connectivity index (χ3v) is 2.66. The molecule has 0 heterocycles. The second-order valence-corrected chi connectivity index (χ2v) is 3.92. The summed E-state index contributed by atoms with van der Waals surface area (Å²) in [6.45, 7) is 3.29. The average Bonchev–Trinajstić information content (AvgIpc) is 2.09. The molecular formula is C10H14IN. The van der Waals surface area contributed by atoms with Crippen LogP contribution in [0, 0.1) is 3.57 Å². The van der Waals surface area contributed by atoms with Crippen LogP contribution < -0.4 is 5.32 Å². The highest BCUT2D eigenvalue weighted by Gasteiger charge is 1.94. The van der Waals surface area contributed by atoms with Crippen LogP contribution in [0.25, 0.3) is 0 Å². The molecule has 1 N–H and O–H groups in total. The fraction of sp³-hybridized carbons (Fsp3) is 0.400. The molecule has 0 fully saturated rings. The lowest BCUT2D eigenvalue weighted by Crippen LogP contribution is -2.01. The number of hydrogen-bond acceptors (Lipinski definition) is 1. The van der Waals surface area contributed by atoms with Crippen LogP contribution in [0.1, 0.15) is 19.8 Å². The van der Waals surface area contributed by atoms with E-state index in [2.05, 4.69) is 59.1 Å². The topological polar surface area (TPSA) is 12.0 Å². The summed E-state index contributed by atoms with van der Waals surface area (Å²) in [6.07, 6.45) is 2.49. The summed E-state index contributed by atoms with van der Waals surface area (Å²) in [4.78, 5) is 0. The molecule has 0 aliphatic heterocycles. The van der Waals surface area contributed by atoms with Gasteiger partial charge in [-0.2, -0.15) is 0 Å². The first kappa shape index (κ1) is 9.84. The van der Waals surface area contributed by atoms with Gasteiger partial charge in [-0.15, -0.1) is 0 Å². The van der Waals surface area contributed by atoms with E-state index in [0.29, 0.717) is 0 Å². The number of nitrogens with one attached hydrogen (secondary N) is 1. The zero-order valence-electron chi connectivity index (χ0n) is 7.31. The zero-order chi connectivity index (χ0) is 8.81. The van der Waals surface area contributed by atoms with Crippen LogP contribution in [0.15, 0.2) is 24.3 Å². The summed E-state index contributed by atoms with van der Waals surface area (Å²) >= 11 is 2.35. The minimum atomic E-state index is 1.08. The number of benzene rings is 1. The van der Waals surface area contributed by atoms with Gasteiger partial charge in [-0.1, -0.05) is 25.5 Å². The van der Waals surface area contributed by atoms with E-state index in [4.69, 9.17) is 0 Å². The van der Waals surface area contributed by atoms with Gasteiger partial charge in [-0.3, -0.25) is 0 Å². The Kier molecular flexibility index (Phi) is 4.43. The predicted molar refractivity (Wildman–Crippen MR) is 62.6 cm³/mol. The van der Waals surface area contributed by atoms with E-state index < -0.39 is 0 Å². The van der Waals surface area contributed by atoms with Gasteiger partial charge in [0, 0.05) is 15.8 Å². The van der Waals surface area contributed by atoms with Crippen molar-refractivity contribution in [1.82, 2.24) is 0 Å². The Morgan fingerprint density at radius 1 is 1.33 bits per heavy atom. The maximum Gasteiger partial charge on any atom is 0.0475 e. The van der Waals surface area contributed by atoms with Crippen molar-refractivity contribution in [3.63, 3.8) is 0 Å². The van der Waals surface area contributed by atoms with Crippen molar-refractivity contribution >= 4 is 28.3 Å². The van der Waals surface area contributed by atoms with Crippen molar-refractivity contribution in [2.75, 3.05) is 11.9 Å². The van der Waals surface area contributed by atoms with Gasteiger partial charge >= 0.3 is 0 Å². The maximum atomic E-state index is 3.41. The molecule has 0 aliphatic rings. The van der Waals surface area contributed by atoms with Crippen molar-refractivity contribution in [3.8, 4) is 0 Å². The number of anilines is 1. The highest BCUT2D eigenvalue weighted by Crippen LogP contribution is 2.16. The summed E-state index contributed by atoms with van der Waals surface area (Å²) in [5.74, 6) is 0. The molecule has 1 nitrogen and oxygen atoms in total. The van der Waals surface area contributed by atoms with Crippen molar-refractivity contribution < 1.29 is 0 Å². The minimum absolute atomic E-state index is 1.08. The largest absolute Gasteiger partial charge is 0.384 e. The smallest absolute Gasteiger partial charge is 0.0475 e. The van der Waals surface area contributed by atoms with E-state index >= 15 is 0 Å². The molecule has 1 aromatic carbocycles. The number of rotatable bonds is 4. The quantitative estimate of drug-likeness (QED) is 0.655. The van der Waals surface area contributed by atoms with Gasteiger partial charge in [0.25, 0.3) is 0 Å². The summed E-state index contributed by atoms with van der Waals surface area (Å²) in [6, 6.07) is 8.37. The molecule has 2 heteroatoms. The second kappa shape index (κ2) is 5.41. The molecule has 1 aromatic rings. The molecule has 0 atom stereocenters. The lowest BCUT2D eigenvalue weighted by atomic mass is 10.3. The SMILES string of the molecule is CCCCNc1ccccc1I. The molecule has 0 radical (unpaired) electrons. The van der Waals surface area contributed by atoms with E-state index in [1.807, 2.05) is 0 Å². The number of halogens is 1. The Hall–Kier alpha value is -0.250. The van der Waals surface area contributed by atoms with Crippen LogP contribution in [0.5, 0.6) is 0 Å². The molecule has 12 heavy (non-hydrogen) atoms. The third-order valence-electron chi connectivity index (χ3n) is 1.72. The highest BCUT2D eigenvalue weighted by molar-refractivity contribution is 14.1. The van der Waals surface area contributed by atoms with Crippen LogP contribution in [0.2, 0.25) is 0 Å². The second-order valence-electron chi connectivity index (χ2n) is 2.76. The van der Waals surface area contributed by atoms with Crippen LogP contribution >= 0.6 is 22.6 Å². The Bertz CT molecular complexity index is 235. The van der Waals surface area contributed by atoms with Gasteiger partial charge in [0.15, 0.2) is 0 Å². The first-order valence-electron chi connectivity index (χ1n) is 4.33. The lowest BCUT2D eigenvalue weighted by Gasteiger charge is -2.06. The predicted octanol–water partition coefficient (Wildman–Crippen LogP) is 3.50. The monoisotopic (exact) mass is 275 g/mol. The van der Waals surface area contributed by atoms with Crippen molar-refractivity contribution in [3.05, 3.63) is 27.8 Å². The van der Waals surface area contributed by atoms with E-state index in [-0.39, 0.29) is 0 Å². The molecule has 0 bridgehead atoms. The van der Waals surface area contributed by atoms with Crippen LogP contribution in [-0.4, -0.2) is 6.54 Å². The Morgan fingerprint density at radius 2 is 2.08 bits per heavy atom. The first-order chi connectivity index (χ1) is 5.84. The van der Waals surface area contributed by atoms with Crippen molar-refractivity contribution in [1.29, 1.82) is 0 Å². The molecule has 66 valence electrons. The Morgan fingerprint density at radius 3 is 2.75 bits per heavy atom. The van der Waals surface area contributed by atoms with E-state index in [9.17, 15) is 0 Å². The third kappa shape index (κ3) is 3.01. The normalized spacial score (nSPS) is 9.83. The fourth-order valence-corrected chi connectivity index (χ4v) is 1.58. The molecule has 0 unspecified atom stereocenters. The maximum absolute atomic E-state index is 3.41. The van der Waals surface area contributed by atoms with Gasteiger partial charge in [0.1, 0.15) is 0 Å². The van der Waals surface area contributed by atoms with E-state index in [1.165, 1.54) is 22.1 Å². The summed E-state index contributed by atoms with van der Waals surface area (Å²) in [5, 5.41) is 3.41. The fourth-order valence-electron chi connectivity index (χ4n) is 1.00. The number of hydrogen-bond donors (Lipinski definition) is 1. The Balaban J connectivity index is 2.46. The van der Waals surface area contributed by atoms with Gasteiger partial charge in [-0.25, -0.2) is 0 Å². The molecule has 0 saturated heterocycles. The van der Waals surface area contributed by atoms with Gasteiger partial charge in [0.05, 0.1) is 0 Å². The average molecular weight is 275 g/mol. The van der Waals surface area contributed by atoms with Gasteiger partial charge in [0.2, 0.25) is 0 Å². The van der Waals surface area contributed by atoms with Crippen LogP contribution in [0.3, 0.4) is 0 Å².